The van der Waals surface area contributed by atoms with Gasteiger partial charge in [0.1, 0.15) is 0 Å². The summed E-state index contributed by atoms with van der Waals surface area (Å²) >= 11 is 0. The molecule has 0 bridgehead atoms. The smallest absolute Gasteiger partial charge is 0.257 e. The van der Waals surface area contributed by atoms with Crippen LogP contribution < -0.4 is 5.56 Å². The first kappa shape index (κ1) is 11.0. The van der Waals surface area contributed by atoms with Crippen LogP contribution in [-0.4, -0.2) is 9.67 Å². The Labute approximate surface area is 101 Å². The van der Waals surface area contributed by atoms with Crippen molar-refractivity contribution in [2.75, 3.05) is 0 Å². The molecule has 1 fully saturated rings. The van der Waals surface area contributed by atoms with Gasteiger partial charge in [-0.15, -0.1) is 0 Å². The summed E-state index contributed by atoms with van der Waals surface area (Å²) in [6.07, 6.45) is 5.43. The van der Waals surface area contributed by atoms with Gasteiger partial charge in [-0.25, -0.2) is 0 Å². The van der Waals surface area contributed by atoms with Crippen LogP contribution in [-0.2, 0) is 18.4 Å². The van der Waals surface area contributed by atoms with E-state index in [1.165, 1.54) is 11.3 Å². The average Bonchev–Trinajstić information content (AvgIpc) is 2.93. The van der Waals surface area contributed by atoms with Crippen LogP contribution in [0.5, 0.6) is 0 Å². The molecule has 0 saturated heterocycles. The largest absolute Gasteiger partial charge is 0.386 e. The summed E-state index contributed by atoms with van der Waals surface area (Å²) in [6, 6.07) is 2.33. The minimum Gasteiger partial charge on any atom is -0.386 e. The van der Waals surface area contributed by atoms with E-state index in [4.69, 9.17) is 0 Å². The molecular formula is C14H19NO2. The maximum Gasteiger partial charge on any atom is 0.257 e. The standard InChI is InChI=1S/C14H19NO2/c1-14(2,17)11-8-9-4-3-5-12(9)15(13(11)16)10-6-7-10/h8,10,17H,3-7H2,1-2H3. The zero-order valence-corrected chi connectivity index (χ0v) is 10.5. The maximum absolute atomic E-state index is 12.5. The average molecular weight is 233 g/mol. The van der Waals surface area contributed by atoms with E-state index in [0.717, 1.165) is 32.1 Å². The Morgan fingerprint density at radius 2 is 2.06 bits per heavy atom. The van der Waals surface area contributed by atoms with E-state index in [1.807, 2.05) is 10.6 Å². The number of pyridine rings is 1. The molecular weight excluding hydrogens is 214 g/mol. The van der Waals surface area contributed by atoms with Crippen LogP contribution in [0.25, 0.3) is 0 Å². The number of hydrogen-bond donors (Lipinski definition) is 1. The topological polar surface area (TPSA) is 42.2 Å². The SMILES string of the molecule is CC(C)(O)c1cc2c(n(C3CC3)c1=O)CCC2. The highest BCUT2D eigenvalue weighted by molar-refractivity contribution is 5.33. The highest BCUT2D eigenvalue weighted by Crippen LogP contribution is 2.37. The van der Waals surface area contributed by atoms with E-state index >= 15 is 0 Å². The molecule has 3 rings (SSSR count). The van der Waals surface area contributed by atoms with Crippen LogP contribution in [0.3, 0.4) is 0 Å². The lowest BCUT2D eigenvalue weighted by molar-refractivity contribution is 0.0763. The predicted octanol–water partition coefficient (Wildman–Crippen LogP) is 1.90. The van der Waals surface area contributed by atoms with Crippen molar-refractivity contribution in [3.8, 4) is 0 Å². The summed E-state index contributed by atoms with van der Waals surface area (Å²) in [6.45, 7) is 3.39. The van der Waals surface area contributed by atoms with Crippen molar-refractivity contribution in [1.29, 1.82) is 0 Å². The van der Waals surface area contributed by atoms with Crippen molar-refractivity contribution in [2.45, 2.75) is 57.6 Å². The van der Waals surface area contributed by atoms with Crippen molar-refractivity contribution in [3.05, 3.63) is 33.2 Å². The van der Waals surface area contributed by atoms with Gasteiger partial charge in [-0.3, -0.25) is 4.79 Å². The van der Waals surface area contributed by atoms with E-state index in [-0.39, 0.29) is 5.56 Å². The second-order valence-corrected chi connectivity index (χ2v) is 5.85. The molecule has 1 aromatic rings. The Hall–Kier alpha value is -1.09. The molecule has 1 saturated carbocycles. The molecule has 0 unspecified atom stereocenters. The van der Waals surface area contributed by atoms with Crippen LogP contribution in [0.1, 0.15) is 56.0 Å². The molecule has 0 radical (unpaired) electrons. The normalized spacial score (nSPS) is 19.5. The van der Waals surface area contributed by atoms with Gasteiger partial charge in [0.15, 0.2) is 0 Å². The summed E-state index contributed by atoms with van der Waals surface area (Å²) in [5.74, 6) is 0. The van der Waals surface area contributed by atoms with Gasteiger partial charge in [0, 0.05) is 17.3 Å². The highest BCUT2D eigenvalue weighted by Gasteiger charge is 2.33. The molecule has 1 N–H and O–H groups in total. The fraction of sp³-hybridized carbons (Fsp3) is 0.643. The highest BCUT2D eigenvalue weighted by atomic mass is 16.3. The Morgan fingerprint density at radius 1 is 1.35 bits per heavy atom. The first-order valence-corrected chi connectivity index (χ1v) is 6.48. The van der Waals surface area contributed by atoms with Gasteiger partial charge in [0.05, 0.1) is 5.60 Å². The third-order valence-corrected chi connectivity index (χ3v) is 3.86. The van der Waals surface area contributed by atoms with Gasteiger partial charge < -0.3 is 9.67 Å². The van der Waals surface area contributed by atoms with Crippen molar-refractivity contribution < 1.29 is 5.11 Å². The fourth-order valence-electron chi connectivity index (χ4n) is 2.83. The molecule has 0 aliphatic heterocycles. The van der Waals surface area contributed by atoms with Crippen molar-refractivity contribution >= 4 is 0 Å². The molecule has 0 aromatic carbocycles. The Balaban J connectivity index is 2.26. The number of hydrogen-bond acceptors (Lipinski definition) is 2. The van der Waals surface area contributed by atoms with Gasteiger partial charge >= 0.3 is 0 Å². The molecule has 2 aliphatic carbocycles. The summed E-state index contributed by atoms with van der Waals surface area (Å²) in [7, 11) is 0. The summed E-state index contributed by atoms with van der Waals surface area (Å²) in [5, 5.41) is 10.1. The Bertz CT molecular complexity index is 518. The zero-order chi connectivity index (χ0) is 12.2. The maximum atomic E-state index is 12.5. The number of nitrogens with zero attached hydrogens (tertiary/aromatic N) is 1. The van der Waals surface area contributed by atoms with Crippen molar-refractivity contribution in [2.24, 2.45) is 0 Å². The van der Waals surface area contributed by atoms with Crippen LogP contribution in [0.2, 0.25) is 0 Å². The van der Waals surface area contributed by atoms with E-state index in [0.29, 0.717) is 11.6 Å². The van der Waals surface area contributed by atoms with Gasteiger partial charge in [0.2, 0.25) is 0 Å². The summed E-state index contributed by atoms with van der Waals surface area (Å²) in [5.41, 5.74) is 2.05. The minimum atomic E-state index is -1.04. The van der Waals surface area contributed by atoms with Crippen LogP contribution in [0.15, 0.2) is 10.9 Å². The molecule has 1 aromatic heterocycles. The first-order chi connectivity index (χ1) is 7.98. The lowest BCUT2D eigenvalue weighted by atomic mass is 9.97. The zero-order valence-electron chi connectivity index (χ0n) is 10.5. The molecule has 17 heavy (non-hydrogen) atoms. The molecule has 0 amide bonds. The monoisotopic (exact) mass is 233 g/mol. The molecule has 2 aliphatic rings. The van der Waals surface area contributed by atoms with E-state index in [1.54, 1.807) is 13.8 Å². The Kier molecular flexibility index (Phi) is 2.24. The molecule has 3 nitrogen and oxygen atoms in total. The molecule has 0 atom stereocenters. The lowest BCUT2D eigenvalue weighted by Gasteiger charge is -2.21. The summed E-state index contributed by atoms with van der Waals surface area (Å²) in [4.78, 5) is 12.5. The molecule has 92 valence electrons. The van der Waals surface area contributed by atoms with Gasteiger partial charge in [0.25, 0.3) is 5.56 Å². The van der Waals surface area contributed by atoms with E-state index in [2.05, 4.69) is 0 Å². The van der Waals surface area contributed by atoms with Crippen LogP contribution in [0.4, 0.5) is 0 Å². The second kappa shape index (κ2) is 3.45. The van der Waals surface area contributed by atoms with E-state index in [9.17, 15) is 9.90 Å². The van der Waals surface area contributed by atoms with Gasteiger partial charge in [-0.1, -0.05) is 0 Å². The number of fused-ring (bicyclic) bond motifs is 1. The van der Waals surface area contributed by atoms with Crippen molar-refractivity contribution in [3.63, 3.8) is 0 Å². The molecule has 1 heterocycles. The second-order valence-electron chi connectivity index (χ2n) is 5.85. The number of aromatic nitrogens is 1. The number of aryl methyl sites for hydroxylation is 1. The minimum absolute atomic E-state index is 0.0284. The first-order valence-electron chi connectivity index (χ1n) is 6.48. The van der Waals surface area contributed by atoms with Gasteiger partial charge in [-0.2, -0.15) is 0 Å². The third kappa shape index (κ3) is 1.73. The molecule has 3 heteroatoms. The quantitative estimate of drug-likeness (QED) is 0.847. The van der Waals surface area contributed by atoms with Crippen LogP contribution in [0, 0.1) is 0 Å². The van der Waals surface area contributed by atoms with E-state index < -0.39 is 5.60 Å². The predicted molar refractivity (Wildman–Crippen MR) is 66.2 cm³/mol. The fourth-order valence-corrected chi connectivity index (χ4v) is 2.83. The lowest BCUT2D eigenvalue weighted by Crippen LogP contribution is -2.33. The van der Waals surface area contributed by atoms with Crippen LogP contribution >= 0.6 is 0 Å². The Morgan fingerprint density at radius 3 is 2.65 bits per heavy atom. The summed E-state index contributed by atoms with van der Waals surface area (Å²) < 4.78 is 1.97. The third-order valence-electron chi connectivity index (χ3n) is 3.86. The van der Waals surface area contributed by atoms with Crippen molar-refractivity contribution in [1.82, 2.24) is 4.57 Å². The number of rotatable bonds is 2. The number of aliphatic hydroxyl groups is 1. The molecule has 0 spiro atoms. The van der Waals surface area contributed by atoms with Gasteiger partial charge in [-0.05, 0) is 57.6 Å².